The summed E-state index contributed by atoms with van der Waals surface area (Å²) in [6.07, 6.45) is 1.37. The number of methoxy groups -OCH3 is 4. The van der Waals surface area contributed by atoms with Gasteiger partial charge in [-0.3, -0.25) is 0 Å². The van der Waals surface area contributed by atoms with Crippen molar-refractivity contribution in [3.8, 4) is 23.3 Å². The van der Waals surface area contributed by atoms with E-state index < -0.39 is 5.97 Å². The van der Waals surface area contributed by atoms with Crippen molar-refractivity contribution in [2.45, 2.75) is 0 Å². The summed E-state index contributed by atoms with van der Waals surface area (Å²) in [7, 11) is 5.67. The molecule has 0 spiro atoms. The number of esters is 1. The number of carbonyl (C=O) groups excluding carboxylic acids is 1. The van der Waals surface area contributed by atoms with Gasteiger partial charge in [0, 0.05) is 11.6 Å². The van der Waals surface area contributed by atoms with Crippen LogP contribution in [0.4, 0.5) is 0 Å². The van der Waals surface area contributed by atoms with Crippen LogP contribution < -0.4 is 14.2 Å². The first-order valence-electron chi connectivity index (χ1n) is 5.61. The van der Waals surface area contributed by atoms with Crippen molar-refractivity contribution in [1.82, 2.24) is 0 Å². The molecule has 0 fully saturated rings. The Kier molecular flexibility index (Phi) is 5.42. The summed E-state index contributed by atoms with van der Waals surface area (Å²) in [5, 5.41) is 8.96. The monoisotopic (exact) mass is 277 g/mol. The molecule has 0 radical (unpaired) electrons. The molecule has 0 unspecified atom stereocenters. The van der Waals surface area contributed by atoms with Crippen LogP contribution in [0.15, 0.2) is 17.7 Å². The minimum atomic E-state index is -0.718. The van der Waals surface area contributed by atoms with E-state index in [1.807, 2.05) is 0 Å². The third-order valence-corrected chi connectivity index (χ3v) is 2.56. The first-order chi connectivity index (χ1) is 9.60. The summed E-state index contributed by atoms with van der Waals surface area (Å²) < 4.78 is 20.0. The lowest BCUT2D eigenvalue weighted by Crippen LogP contribution is -2.03. The van der Waals surface area contributed by atoms with E-state index in [2.05, 4.69) is 4.74 Å². The first kappa shape index (κ1) is 15.4. The molecular formula is C14H15NO5. The average Bonchev–Trinajstić information content (AvgIpc) is 2.50. The minimum Gasteiger partial charge on any atom is -0.496 e. The summed E-state index contributed by atoms with van der Waals surface area (Å²) in [5.41, 5.74) is 0.366. The van der Waals surface area contributed by atoms with Gasteiger partial charge in [0.1, 0.15) is 17.4 Å². The van der Waals surface area contributed by atoms with Crippen molar-refractivity contribution in [1.29, 1.82) is 5.26 Å². The molecule has 0 bridgehead atoms. The molecule has 0 N–H and O–H groups in total. The van der Waals surface area contributed by atoms with Crippen LogP contribution in [0.3, 0.4) is 0 Å². The standard InChI is InChI=1S/C14H15NO5/c1-17-11-7-13(19-3)12(18-2)6-9(11)5-10(8-15)14(16)20-4/h5-7H,1-4H3/b10-5+. The highest BCUT2D eigenvalue weighted by Crippen LogP contribution is 2.35. The number of rotatable bonds is 5. The van der Waals surface area contributed by atoms with Gasteiger partial charge >= 0.3 is 5.97 Å². The van der Waals surface area contributed by atoms with E-state index in [0.717, 1.165) is 0 Å². The molecule has 0 aliphatic heterocycles. The smallest absolute Gasteiger partial charge is 0.348 e. The Bertz CT molecular complexity index is 572. The lowest BCUT2D eigenvalue weighted by molar-refractivity contribution is -0.135. The van der Waals surface area contributed by atoms with Crippen LogP contribution in [-0.2, 0) is 9.53 Å². The third-order valence-electron chi connectivity index (χ3n) is 2.56. The fourth-order valence-electron chi connectivity index (χ4n) is 1.57. The van der Waals surface area contributed by atoms with E-state index in [4.69, 9.17) is 19.5 Å². The molecule has 1 aromatic rings. The fraction of sp³-hybridized carbons (Fsp3) is 0.286. The molecule has 20 heavy (non-hydrogen) atoms. The second kappa shape index (κ2) is 7.04. The van der Waals surface area contributed by atoms with Gasteiger partial charge in [0.2, 0.25) is 0 Å². The minimum absolute atomic E-state index is 0.141. The number of nitrogens with zero attached hydrogens (tertiary/aromatic N) is 1. The SMILES string of the molecule is COC(=O)/C(C#N)=C/c1cc(OC)c(OC)cc1OC. The number of carbonyl (C=O) groups is 1. The van der Waals surface area contributed by atoms with Gasteiger partial charge in [-0.1, -0.05) is 0 Å². The molecule has 6 heteroatoms. The summed E-state index contributed by atoms with van der Waals surface area (Å²) in [6.45, 7) is 0. The second-order valence-corrected chi connectivity index (χ2v) is 3.61. The van der Waals surface area contributed by atoms with Crippen LogP contribution >= 0.6 is 0 Å². The van der Waals surface area contributed by atoms with Gasteiger partial charge in [-0.2, -0.15) is 5.26 Å². The highest BCUT2D eigenvalue weighted by atomic mass is 16.5. The lowest BCUT2D eigenvalue weighted by Gasteiger charge is -2.12. The zero-order valence-electron chi connectivity index (χ0n) is 11.7. The zero-order chi connectivity index (χ0) is 15.1. The Morgan fingerprint density at radius 1 is 1.05 bits per heavy atom. The van der Waals surface area contributed by atoms with Crippen molar-refractivity contribution in [3.63, 3.8) is 0 Å². The molecule has 0 atom stereocenters. The molecule has 0 amide bonds. The average molecular weight is 277 g/mol. The number of ether oxygens (including phenoxy) is 4. The quantitative estimate of drug-likeness (QED) is 0.464. The fourth-order valence-corrected chi connectivity index (χ4v) is 1.57. The van der Waals surface area contributed by atoms with Gasteiger partial charge in [-0.25, -0.2) is 4.79 Å². The molecule has 0 heterocycles. The molecular weight excluding hydrogens is 262 g/mol. The van der Waals surface area contributed by atoms with Gasteiger partial charge in [0.25, 0.3) is 0 Å². The Labute approximate surface area is 117 Å². The molecule has 0 saturated heterocycles. The topological polar surface area (TPSA) is 77.8 Å². The Hall–Kier alpha value is -2.68. The van der Waals surface area contributed by atoms with E-state index in [0.29, 0.717) is 22.8 Å². The highest BCUT2D eigenvalue weighted by Gasteiger charge is 2.14. The Morgan fingerprint density at radius 3 is 2.05 bits per heavy atom. The van der Waals surface area contributed by atoms with Gasteiger partial charge in [-0.15, -0.1) is 0 Å². The predicted octanol–water partition coefficient (Wildman–Crippen LogP) is 1.79. The molecule has 0 saturated carbocycles. The van der Waals surface area contributed by atoms with Crippen molar-refractivity contribution in [2.75, 3.05) is 28.4 Å². The Morgan fingerprint density at radius 2 is 1.60 bits per heavy atom. The number of benzene rings is 1. The molecule has 6 nitrogen and oxygen atoms in total. The highest BCUT2D eigenvalue weighted by molar-refractivity contribution is 5.98. The van der Waals surface area contributed by atoms with Crippen molar-refractivity contribution < 1.29 is 23.7 Å². The van der Waals surface area contributed by atoms with Crippen LogP contribution in [0.2, 0.25) is 0 Å². The van der Waals surface area contributed by atoms with Crippen molar-refractivity contribution in [2.24, 2.45) is 0 Å². The summed E-state index contributed by atoms with van der Waals surface area (Å²) in [5.74, 6) is 0.670. The summed E-state index contributed by atoms with van der Waals surface area (Å²) in [4.78, 5) is 11.4. The van der Waals surface area contributed by atoms with E-state index in [9.17, 15) is 4.79 Å². The lowest BCUT2D eigenvalue weighted by atomic mass is 10.1. The van der Waals surface area contributed by atoms with E-state index in [1.165, 1.54) is 34.5 Å². The molecule has 1 aromatic carbocycles. The largest absolute Gasteiger partial charge is 0.496 e. The maximum Gasteiger partial charge on any atom is 0.348 e. The predicted molar refractivity (Wildman–Crippen MR) is 71.7 cm³/mol. The van der Waals surface area contributed by atoms with E-state index in [1.54, 1.807) is 18.2 Å². The van der Waals surface area contributed by atoms with E-state index >= 15 is 0 Å². The molecule has 1 rings (SSSR count). The third kappa shape index (κ3) is 3.20. The van der Waals surface area contributed by atoms with Gasteiger partial charge in [0.15, 0.2) is 11.5 Å². The van der Waals surface area contributed by atoms with Crippen LogP contribution in [-0.4, -0.2) is 34.4 Å². The van der Waals surface area contributed by atoms with E-state index in [-0.39, 0.29) is 5.57 Å². The summed E-state index contributed by atoms with van der Waals surface area (Å²) >= 11 is 0. The van der Waals surface area contributed by atoms with Gasteiger partial charge < -0.3 is 18.9 Å². The normalized spacial score (nSPS) is 10.4. The van der Waals surface area contributed by atoms with Gasteiger partial charge in [0.05, 0.1) is 28.4 Å². The van der Waals surface area contributed by atoms with Crippen LogP contribution in [0.25, 0.3) is 6.08 Å². The maximum absolute atomic E-state index is 11.4. The van der Waals surface area contributed by atoms with Crippen molar-refractivity contribution in [3.05, 3.63) is 23.3 Å². The molecule has 106 valence electrons. The van der Waals surface area contributed by atoms with Gasteiger partial charge in [-0.05, 0) is 12.1 Å². The summed E-state index contributed by atoms with van der Waals surface area (Å²) in [6, 6.07) is 4.99. The Balaban J connectivity index is 3.40. The molecule has 0 aliphatic rings. The number of nitriles is 1. The molecule has 0 aliphatic carbocycles. The number of hydrogen-bond donors (Lipinski definition) is 0. The van der Waals surface area contributed by atoms with Crippen molar-refractivity contribution >= 4 is 12.0 Å². The molecule has 0 aromatic heterocycles. The van der Waals surface area contributed by atoms with Crippen LogP contribution in [0.1, 0.15) is 5.56 Å². The second-order valence-electron chi connectivity index (χ2n) is 3.61. The van der Waals surface area contributed by atoms with Crippen LogP contribution in [0, 0.1) is 11.3 Å². The van der Waals surface area contributed by atoms with Crippen LogP contribution in [0.5, 0.6) is 17.2 Å². The first-order valence-corrected chi connectivity index (χ1v) is 5.61. The zero-order valence-corrected chi connectivity index (χ0v) is 11.7. The maximum atomic E-state index is 11.4. The number of hydrogen-bond acceptors (Lipinski definition) is 6.